The lowest BCUT2D eigenvalue weighted by molar-refractivity contribution is 0.183. The quantitative estimate of drug-likeness (QED) is 0.806. The zero-order valence-corrected chi connectivity index (χ0v) is 11.7. The Morgan fingerprint density at radius 1 is 1.00 bits per heavy atom. The SMILES string of the molecule is c1cc(CNC2CC2)cc(OC2CCCCCC2)c1. The first-order valence-corrected chi connectivity index (χ1v) is 7.89. The van der Waals surface area contributed by atoms with Crippen LogP contribution in [0, 0.1) is 0 Å². The van der Waals surface area contributed by atoms with E-state index < -0.39 is 0 Å². The first-order valence-electron chi connectivity index (χ1n) is 7.89. The van der Waals surface area contributed by atoms with Gasteiger partial charge in [-0.3, -0.25) is 0 Å². The average molecular weight is 259 g/mol. The second-order valence-electron chi connectivity index (χ2n) is 6.03. The lowest BCUT2D eigenvalue weighted by Crippen LogP contribution is -2.17. The Morgan fingerprint density at radius 2 is 1.79 bits per heavy atom. The Balaban J connectivity index is 1.54. The minimum Gasteiger partial charge on any atom is -0.490 e. The molecule has 1 N–H and O–H groups in total. The molecule has 2 aliphatic rings. The minimum absolute atomic E-state index is 0.439. The van der Waals surface area contributed by atoms with E-state index in [0.717, 1.165) is 18.3 Å². The largest absolute Gasteiger partial charge is 0.490 e. The Labute approximate surface area is 116 Å². The second-order valence-corrected chi connectivity index (χ2v) is 6.03. The minimum atomic E-state index is 0.439. The van der Waals surface area contributed by atoms with E-state index in [1.165, 1.54) is 56.9 Å². The van der Waals surface area contributed by atoms with E-state index in [0.29, 0.717) is 6.10 Å². The maximum atomic E-state index is 6.17. The molecule has 0 unspecified atom stereocenters. The van der Waals surface area contributed by atoms with Crippen molar-refractivity contribution in [2.45, 2.75) is 70.1 Å². The van der Waals surface area contributed by atoms with Crippen molar-refractivity contribution < 1.29 is 4.74 Å². The fraction of sp³-hybridized carbons (Fsp3) is 0.647. The lowest BCUT2D eigenvalue weighted by atomic mass is 10.1. The molecule has 1 aromatic carbocycles. The van der Waals surface area contributed by atoms with E-state index in [1.807, 2.05) is 0 Å². The number of hydrogen-bond acceptors (Lipinski definition) is 2. The molecule has 0 bridgehead atoms. The molecule has 0 saturated heterocycles. The van der Waals surface area contributed by atoms with Crippen molar-refractivity contribution in [1.29, 1.82) is 0 Å². The zero-order valence-electron chi connectivity index (χ0n) is 11.7. The number of nitrogens with one attached hydrogen (secondary N) is 1. The Morgan fingerprint density at radius 3 is 2.53 bits per heavy atom. The molecule has 19 heavy (non-hydrogen) atoms. The maximum Gasteiger partial charge on any atom is 0.120 e. The van der Waals surface area contributed by atoms with Crippen LogP contribution in [-0.2, 0) is 6.54 Å². The topological polar surface area (TPSA) is 21.3 Å². The van der Waals surface area contributed by atoms with Crippen LogP contribution < -0.4 is 10.1 Å². The molecule has 2 nitrogen and oxygen atoms in total. The van der Waals surface area contributed by atoms with Crippen LogP contribution in [0.5, 0.6) is 5.75 Å². The lowest BCUT2D eigenvalue weighted by Gasteiger charge is -2.17. The standard InChI is InChI=1S/C17H25NO/c1-2-4-8-16(7-3-1)19-17-9-5-6-14(12-17)13-18-15-10-11-15/h5-6,9,12,15-16,18H,1-4,7-8,10-11,13H2. The number of benzene rings is 1. The monoisotopic (exact) mass is 259 g/mol. The zero-order chi connectivity index (χ0) is 12.9. The number of rotatable bonds is 5. The molecule has 0 spiro atoms. The van der Waals surface area contributed by atoms with Gasteiger partial charge in [-0.15, -0.1) is 0 Å². The smallest absolute Gasteiger partial charge is 0.120 e. The highest BCUT2D eigenvalue weighted by Crippen LogP contribution is 2.24. The van der Waals surface area contributed by atoms with Crippen molar-refractivity contribution in [1.82, 2.24) is 5.32 Å². The third kappa shape index (κ3) is 4.24. The summed E-state index contributed by atoms with van der Waals surface area (Å²) < 4.78 is 6.17. The molecule has 2 heteroatoms. The molecule has 1 aromatic rings. The van der Waals surface area contributed by atoms with Gasteiger partial charge in [0.15, 0.2) is 0 Å². The van der Waals surface area contributed by atoms with Gasteiger partial charge in [0.05, 0.1) is 6.10 Å². The summed E-state index contributed by atoms with van der Waals surface area (Å²) >= 11 is 0. The molecule has 2 aliphatic carbocycles. The summed E-state index contributed by atoms with van der Waals surface area (Å²) in [5, 5.41) is 3.56. The maximum absolute atomic E-state index is 6.17. The van der Waals surface area contributed by atoms with E-state index in [4.69, 9.17) is 4.74 Å². The van der Waals surface area contributed by atoms with Gasteiger partial charge in [-0.25, -0.2) is 0 Å². The highest BCUT2D eigenvalue weighted by molar-refractivity contribution is 5.28. The second kappa shape index (κ2) is 6.42. The van der Waals surface area contributed by atoms with Crippen LogP contribution >= 0.6 is 0 Å². The molecule has 0 heterocycles. The molecular formula is C17H25NO. The predicted octanol–water partition coefficient (Wildman–Crippen LogP) is 4.04. The molecule has 104 valence electrons. The normalized spacial score (nSPS) is 21.1. The van der Waals surface area contributed by atoms with Crippen molar-refractivity contribution in [2.24, 2.45) is 0 Å². The number of ether oxygens (including phenoxy) is 1. The summed E-state index contributed by atoms with van der Waals surface area (Å²) in [7, 11) is 0. The summed E-state index contributed by atoms with van der Waals surface area (Å²) in [6.45, 7) is 0.979. The van der Waals surface area contributed by atoms with Crippen LogP contribution in [0.4, 0.5) is 0 Å². The van der Waals surface area contributed by atoms with Crippen LogP contribution in [-0.4, -0.2) is 12.1 Å². The van der Waals surface area contributed by atoms with Crippen LogP contribution in [0.15, 0.2) is 24.3 Å². The predicted molar refractivity (Wildman–Crippen MR) is 78.4 cm³/mol. The van der Waals surface area contributed by atoms with Crippen LogP contribution in [0.25, 0.3) is 0 Å². The van der Waals surface area contributed by atoms with Gasteiger partial charge >= 0.3 is 0 Å². The molecular weight excluding hydrogens is 234 g/mol. The number of hydrogen-bond donors (Lipinski definition) is 1. The van der Waals surface area contributed by atoms with Gasteiger partial charge in [0.2, 0.25) is 0 Å². The fourth-order valence-corrected chi connectivity index (χ4v) is 2.83. The molecule has 0 aromatic heterocycles. The van der Waals surface area contributed by atoms with Crippen molar-refractivity contribution in [3.63, 3.8) is 0 Å². The summed E-state index contributed by atoms with van der Waals surface area (Å²) in [6, 6.07) is 9.39. The summed E-state index contributed by atoms with van der Waals surface area (Å²) in [5.74, 6) is 1.06. The van der Waals surface area contributed by atoms with Gasteiger partial charge in [-0.05, 0) is 56.2 Å². The Kier molecular flexibility index (Phi) is 4.39. The van der Waals surface area contributed by atoms with Gasteiger partial charge in [-0.1, -0.05) is 25.0 Å². The highest BCUT2D eigenvalue weighted by atomic mass is 16.5. The van der Waals surface area contributed by atoms with Crippen molar-refractivity contribution in [3.05, 3.63) is 29.8 Å². The van der Waals surface area contributed by atoms with E-state index >= 15 is 0 Å². The Hall–Kier alpha value is -1.02. The molecule has 0 radical (unpaired) electrons. The van der Waals surface area contributed by atoms with E-state index in [-0.39, 0.29) is 0 Å². The van der Waals surface area contributed by atoms with Crippen LogP contribution in [0.2, 0.25) is 0 Å². The Bertz CT molecular complexity index is 392. The van der Waals surface area contributed by atoms with E-state index in [2.05, 4.69) is 29.6 Å². The molecule has 0 amide bonds. The van der Waals surface area contributed by atoms with Gasteiger partial charge in [0.25, 0.3) is 0 Å². The van der Waals surface area contributed by atoms with Gasteiger partial charge in [0, 0.05) is 12.6 Å². The third-order valence-electron chi connectivity index (χ3n) is 4.18. The van der Waals surface area contributed by atoms with Crippen molar-refractivity contribution in [3.8, 4) is 5.75 Å². The van der Waals surface area contributed by atoms with Gasteiger partial charge in [-0.2, -0.15) is 0 Å². The van der Waals surface area contributed by atoms with E-state index in [1.54, 1.807) is 0 Å². The highest BCUT2D eigenvalue weighted by Gasteiger charge is 2.20. The molecule has 2 saturated carbocycles. The fourth-order valence-electron chi connectivity index (χ4n) is 2.83. The average Bonchev–Trinajstić information content (AvgIpc) is 3.25. The van der Waals surface area contributed by atoms with Crippen LogP contribution in [0.1, 0.15) is 56.9 Å². The molecule has 0 aliphatic heterocycles. The third-order valence-corrected chi connectivity index (χ3v) is 4.18. The first-order chi connectivity index (χ1) is 9.40. The van der Waals surface area contributed by atoms with Gasteiger partial charge in [0.1, 0.15) is 5.75 Å². The first kappa shape index (κ1) is 13.0. The summed E-state index contributed by atoms with van der Waals surface area (Å²) in [4.78, 5) is 0. The molecule has 3 rings (SSSR count). The van der Waals surface area contributed by atoms with Crippen LogP contribution in [0.3, 0.4) is 0 Å². The summed E-state index contributed by atoms with van der Waals surface area (Å²) in [6.07, 6.45) is 11.0. The summed E-state index contributed by atoms with van der Waals surface area (Å²) in [5.41, 5.74) is 1.35. The van der Waals surface area contributed by atoms with E-state index in [9.17, 15) is 0 Å². The van der Waals surface area contributed by atoms with Gasteiger partial charge < -0.3 is 10.1 Å². The molecule has 0 atom stereocenters. The van der Waals surface area contributed by atoms with Crippen molar-refractivity contribution in [2.75, 3.05) is 0 Å². The molecule has 2 fully saturated rings. The van der Waals surface area contributed by atoms with Crippen molar-refractivity contribution >= 4 is 0 Å².